The standard InChI is InChI=1S/C30H29F3N2O5/c31-19-9-13-26-17(14-19)7-12-27(40-26)30(39)35(23-10-8-20(32)16-22(23)33)28(18-6-11-24(36)25(37)15-18)29(38)34-21-4-2-1-3-5-21/h6,8-11,13-16,21,27-28,36-37H,1-5,7,12H2,(H,34,38). The first-order valence-corrected chi connectivity index (χ1v) is 13.3. The maximum atomic E-state index is 15.3. The number of hydrogen-bond acceptors (Lipinski definition) is 5. The van der Waals surface area contributed by atoms with Crippen molar-refractivity contribution in [2.75, 3.05) is 4.90 Å². The van der Waals surface area contributed by atoms with Gasteiger partial charge in [0.1, 0.15) is 29.2 Å². The quantitative estimate of drug-likeness (QED) is 0.353. The summed E-state index contributed by atoms with van der Waals surface area (Å²) in [6, 6.07) is 8.53. The van der Waals surface area contributed by atoms with E-state index in [9.17, 15) is 28.6 Å². The van der Waals surface area contributed by atoms with Crippen molar-refractivity contribution in [1.82, 2.24) is 5.32 Å². The number of carbonyl (C=O) groups excluding carboxylic acids is 2. The molecule has 210 valence electrons. The molecule has 0 bridgehead atoms. The fraction of sp³-hybridized carbons (Fsp3) is 0.333. The molecule has 40 heavy (non-hydrogen) atoms. The van der Waals surface area contributed by atoms with Crippen LogP contribution in [-0.2, 0) is 16.0 Å². The first-order valence-electron chi connectivity index (χ1n) is 13.3. The van der Waals surface area contributed by atoms with E-state index in [2.05, 4.69) is 5.32 Å². The van der Waals surface area contributed by atoms with Gasteiger partial charge in [-0.1, -0.05) is 25.3 Å². The van der Waals surface area contributed by atoms with Crippen molar-refractivity contribution in [3.8, 4) is 17.2 Å². The molecule has 2 aliphatic rings. The molecule has 3 N–H and O–H groups in total. The lowest BCUT2D eigenvalue weighted by atomic mass is 9.94. The molecular formula is C30H29F3N2O5. The summed E-state index contributed by atoms with van der Waals surface area (Å²) in [5, 5.41) is 23.1. The summed E-state index contributed by atoms with van der Waals surface area (Å²) < 4.78 is 48.9. The SMILES string of the molecule is O=C(NC1CCCCC1)C(c1ccc(O)c(O)c1)N(C(=O)C1CCc2cc(F)ccc2O1)c1ccc(F)cc1F. The Bertz CT molecular complexity index is 1430. The Hall–Kier alpha value is -4.21. The fourth-order valence-corrected chi connectivity index (χ4v) is 5.40. The highest BCUT2D eigenvalue weighted by molar-refractivity contribution is 6.03. The second-order valence-corrected chi connectivity index (χ2v) is 10.2. The van der Waals surface area contributed by atoms with Gasteiger partial charge in [0.15, 0.2) is 17.6 Å². The van der Waals surface area contributed by atoms with Crippen LogP contribution in [0.2, 0.25) is 0 Å². The number of amides is 2. The molecule has 10 heteroatoms. The number of hydrogen-bond donors (Lipinski definition) is 3. The number of carbonyl (C=O) groups is 2. The molecule has 0 radical (unpaired) electrons. The molecule has 1 fully saturated rings. The molecule has 0 spiro atoms. The monoisotopic (exact) mass is 554 g/mol. The zero-order valence-corrected chi connectivity index (χ0v) is 21.6. The molecule has 7 nitrogen and oxygen atoms in total. The highest BCUT2D eigenvalue weighted by Gasteiger charge is 2.40. The Morgan fingerprint density at radius 3 is 2.33 bits per heavy atom. The van der Waals surface area contributed by atoms with Crippen LogP contribution in [0.25, 0.3) is 0 Å². The lowest BCUT2D eigenvalue weighted by Gasteiger charge is -2.36. The number of phenolic OH excluding ortho intramolecular Hbond substituents is 2. The number of anilines is 1. The van der Waals surface area contributed by atoms with E-state index in [1.807, 2.05) is 0 Å². The predicted octanol–water partition coefficient (Wildman–Crippen LogP) is 5.43. The maximum Gasteiger partial charge on any atom is 0.269 e. The number of rotatable bonds is 6. The van der Waals surface area contributed by atoms with E-state index in [-0.39, 0.29) is 29.5 Å². The van der Waals surface area contributed by atoms with Gasteiger partial charge in [-0.2, -0.15) is 0 Å². The van der Waals surface area contributed by atoms with Gasteiger partial charge in [-0.05, 0) is 79.3 Å². The van der Waals surface area contributed by atoms with Crippen molar-refractivity contribution < 1.29 is 37.7 Å². The van der Waals surface area contributed by atoms with Gasteiger partial charge >= 0.3 is 0 Å². The van der Waals surface area contributed by atoms with E-state index >= 15 is 4.39 Å². The smallest absolute Gasteiger partial charge is 0.269 e. The van der Waals surface area contributed by atoms with Crippen molar-refractivity contribution in [2.24, 2.45) is 0 Å². The molecule has 3 aromatic carbocycles. The number of aryl methyl sites for hydroxylation is 1. The van der Waals surface area contributed by atoms with Crippen LogP contribution in [0, 0.1) is 17.5 Å². The molecule has 2 unspecified atom stereocenters. The lowest BCUT2D eigenvalue weighted by molar-refractivity contribution is -0.131. The van der Waals surface area contributed by atoms with Gasteiger partial charge in [-0.3, -0.25) is 14.5 Å². The minimum absolute atomic E-state index is 0.0963. The van der Waals surface area contributed by atoms with Gasteiger partial charge in [0.05, 0.1) is 5.69 Å². The summed E-state index contributed by atoms with van der Waals surface area (Å²) in [6.45, 7) is 0. The summed E-state index contributed by atoms with van der Waals surface area (Å²) in [5.74, 6) is -4.51. The van der Waals surface area contributed by atoms with Gasteiger partial charge in [0.2, 0.25) is 5.91 Å². The Morgan fingerprint density at radius 2 is 1.60 bits per heavy atom. The molecule has 0 aromatic heterocycles. The molecule has 0 saturated heterocycles. The van der Waals surface area contributed by atoms with Crippen molar-refractivity contribution in [1.29, 1.82) is 0 Å². The Kier molecular flexibility index (Phi) is 7.86. The summed E-state index contributed by atoms with van der Waals surface area (Å²) in [4.78, 5) is 29.0. The molecule has 5 rings (SSSR count). The average molecular weight is 555 g/mol. The number of benzene rings is 3. The largest absolute Gasteiger partial charge is 0.504 e. The number of fused-ring (bicyclic) bond motifs is 1. The van der Waals surface area contributed by atoms with Crippen LogP contribution < -0.4 is 15.0 Å². The topological polar surface area (TPSA) is 99.1 Å². The summed E-state index contributed by atoms with van der Waals surface area (Å²) in [5.41, 5.74) is 0.300. The highest BCUT2D eigenvalue weighted by atomic mass is 19.1. The zero-order chi connectivity index (χ0) is 28.4. The van der Waals surface area contributed by atoms with Crippen molar-refractivity contribution in [3.05, 3.63) is 83.2 Å². The fourth-order valence-electron chi connectivity index (χ4n) is 5.40. The molecule has 1 saturated carbocycles. The summed E-state index contributed by atoms with van der Waals surface area (Å²) >= 11 is 0. The zero-order valence-electron chi connectivity index (χ0n) is 21.6. The molecular weight excluding hydrogens is 525 g/mol. The van der Waals surface area contributed by atoms with Gasteiger partial charge in [0.25, 0.3) is 5.91 Å². The van der Waals surface area contributed by atoms with Crippen LogP contribution in [0.5, 0.6) is 17.2 Å². The number of phenols is 2. The van der Waals surface area contributed by atoms with Crippen molar-refractivity contribution in [3.63, 3.8) is 0 Å². The van der Waals surface area contributed by atoms with Crippen LogP contribution in [0.1, 0.15) is 55.7 Å². The predicted molar refractivity (Wildman–Crippen MR) is 141 cm³/mol. The van der Waals surface area contributed by atoms with Crippen molar-refractivity contribution in [2.45, 2.75) is 63.1 Å². The van der Waals surface area contributed by atoms with Crippen LogP contribution >= 0.6 is 0 Å². The van der Waals surface area contributed by atoms with E-state index in [0.717, 1.165) is 61.3 Å². The van der Waals surface area contributed by atoms with Crippen molar-refractivity contribution >= 4 is 17.5 Å². The number of aromatic hydroxyl groups is 2. The molecule has 2 amide bonds. The van der Waals surface area contributed by atoms with E-state index in [1.54, 1.807) is 0 Å². The van der Waals surface area contributed by atoms with Gasteiger partial charge in [-0.25, -0.2) is 13.2 Å². The van der Waals surface area contributed by atoms with Gasteiger partial charge < -0.3 is 20.3 Å². The Balaban J connectivity index is 1.59. The minimum Gasteiger partial charge on any atom is -0.504 e. The third-order valence-corrected chi connectivity index (χ3v) is 7.42. The molecule has 1 heterocycles. The van der Waals surface area contributed by atoms with Gasteiger partial charge in [0, 0.05) is 12.1 Å². The van der Waals surface area contributed by atoms with Crippen LogP contribution in [0.3, 0.4) is 0 Å². The lowest BCUT2D eigenvalue weighted by Crippen LogP contribution is -2.51. The highest BCUT2D eigenvalue weighted by Crippen LogP contribution is 2.37. The maximum absolute atomic E-state index is 15.3. The normalized spacial score (nSPS) is 17.8. The minimum atomic E-state index is -1.50. The molecule has 2 atom stereocenters. The van der Waals surface area contributed by atoms with E-state index < -0.39 is 52.9 Å². The van der Waals surface area contributed by atoms with Crippen LogP contribution in [-0.4, -0.2) is 34.2 Å². The number of ether oxygens (including phenoxy) is 1. The number of nitrogens with zero attached hydrogens (tertiary/aromatic N) is 1. The third-order valence-electron chi connectivity index (χ3n) is 7.42. The average Bonchev–Trinajstić information content (AvgIpc) is 2.93. The second-order valence-electron chi connectivity index (χ2n) is 10.2. The second kappa shape index (κ2) is 11.5. The van der Waals surface area contributed by atoms with Gasteiger partial charge in [-0.15, -0.1) is 0 Å². The van der Waals surface area contributed by atoms with E-state index in [1.165, 1.54) is 24.3 Å². The molecule has 3 aromatic rings. The van der Waals surface area contributed by atoms with Crippen LogP contribution in [0.4, 0.5) is 18.9 Å². The number of nitrogens with one attached hydrogen (secondary N) is 1. The first kappa shape index (κ1) is 27.4. The van der Waals surface area contributed by atoms with E-state index in [0.29, 0.717) is 18.1 Å². The Morgan fingerprint density at radius 1 is 0.875 bits per heavy atom. The molecule has 1 aliphatic heterocycles. The third kappa shape index (κ3) is 5.71. The first-order chi connectivity index (χ1) is 19.2. The van der Waals surface area contributed by atoms with E-state index in [4.69, 9.17) is 4.74 Å². The summed E-state index contributed by atoms with van der Waals surface area (Å²) in [7, 11) is 0. The Labute approximate surface area is 229 Å². The number of halogens is 3. The molecule has 1 aliphatic carbocycles. The summed E-state index contributed by atoms with van der Waals surface area (Å²) in [6.07, 6.45) is 3.58. The van der Waals surface area contributed by atoms with Crippen LogP contribution in [0.15, 0.2) is 54.6 Å².